The smallest absolute Gasteiger partial charge is 0.330 e. The fourth-order valence-corrected chi connectivity index (χ4v) is 2.06. The Labute approximate surface area is 98.5 Å². The van der Waals surface area contributed by atoms with E-state index in [1.807, 2.05) is 13.0 Å². The third-order valence-corrected chi connectivity index (χ3v) is 3.16. The first-order valence-electron chi connectivity index (χ1n) is 6.19. The predicted octanol–water partition coefficient (Wildman–Crippen LogP) is 2.08. The molecule has 0 aromatic carbocycles. The van der Waals surface area contributed by atoms with Crippen LogP contribution in [0.1, 0.15) is 27.2 Å². The highest BCUT2D eigenvalue weighted by Crippen LogP contribution is 2.23. The zero-order valence-corrected chi connectivity index (χ0v) is 10.6. The molecule has 0 aliphatic carbocycles. The number of hydrogen-bond acceptors (Lipinski definition) is 3. The van der Waals surface area contributed by atoms with Crippen LogP contribution in [0.3, 0.4) is 0 Å². The van der Waals surface area contributed by atoms with Crippen molar-refractivity contribution in [1.29, 1.82) is 0 Å². The molecule has 1 aliphatic rings. The standard InChI is InChI=1S/C13H23NO2/c1-4-16-13(15)6-5-8-14-9-7-12(10-14)11(2)3/h5-6,11-12H,4,7-10H2,1-3H3/b6-5+. The minimum absolute atomic E-state index is 0.234. The number of carbonyl (C=O) groups excluding carboxylic acids is 1. The summed E-state index contributed by atoms with van der Waals surface area (Å²) in [5.41, 5.74) is 0. The molecule has 1 rings (SSSR count). The fraction of sp³-hybridized carbons (Fsp3) is 0.769. The summed E-state index contributed by atoms with van der Waals surface area (Å²) < 4.78 is 4.82. The molecule has 0 spiro atoms. The van der Waals surface area contributed by atoms with Gasteiger partial charge in [0, 0.05) is 19.2 Å². The summed E-state index contributed by atoms with van der Waals surface area (Å²) in [7, 11) is 0. The average molecular weight is 225 g/mol. The van der Waals surface area contributed by atoms with Gasteiger partial charge in [-0.3, -0.25) is 4.90 Å². The lowest BCUT2D eigenvalue weighted by Gasteiger charge is -2.15. The summed E-state index contributed by atoms with van der Waals surface area (Å²) in [6.45, 7) is 10.00. The Kier molecular flexibility index (Phi) is 5.53. The van der Waals surface area contributed by atoms with Crippen molar-refractivity contribution in [2.45, 2.75) is 27.2 Å². The first kappa shape index (κ1) is 13.2. The van der Waals surface area contributed by atoms with E-state index in [0.717, 1.165) is 31.5 Å². The molecule has 0 amide bonds. The Hall–Kier alpha value is -0.830. The molecule has 0 saturated carbocycles. The zero-order chi connectivity index (χ0) is 12.0. The molecule has 0 N–H and O–H groups in total. The fourth-order valence-electron chi connectivity index (χ4n) is 2.06. The van der Waals surface area contributed by atoms with Crippen LogP contribution in [-0.4, -0.2) is 37.1 Å². The molecule has 0 bridgehead atoms. The van der Waals surface area contributed by atoms with E-state index in [1.54, 1.807) is 0 Å². The number of likely N-dealkylation sites (tertiary alicyclic amines) is 1. The third kappa shape index (κ3) is 4.35. The van der Waals surface area contributed by atoms with Crippen molar-refractivity contribution in [2.24, 2.45) is 11.8 Å². The van der Waals surface area contributed by atoms with Crippen molar-refractivity contribution >= 4 is 5.97 Å². The lowest BCUT2D eigenvalue weighted by atomic mass is 9.95. The van der Waals surface area contributed by atoms with Gasteiger partial charge in [0.1, 0.15) is 0 Å². The lowest BCUT2D eigenvalue weighted by Crippen LogP contribution is -2.22. The maximum absolute atomic E-state index is 11.1. The van der Waals surface area contributed by atoms with Gasteiger partial charge < -0.3 is 4.74 Å². The summed E-state index contributed by atoms with van der Waals surface area (Å²) in [6.07, 6.45) is 4.72. The van der Waals surface area contributed by atoms with Gasteiger partial charge in [-0.15, -0.1) is 0 Å². The number of nitrogens with zero attached hydrogens (tertiary/aromatic N) is 1. The predicted molar refractivity (Wildman–Crippen MR) is 65.2 cm³/mol. The van der Waals surface area contributed by atoms with E-state index in [-0.39, 0.29) is 5.97 Å². The summed E-state index contributed by atoms with van der Waals surface area (Å²) in [5.74, 6) is 1.34. The number of ether oxygens (including phenoxy) is 1. The van der Waals surface area contributed by atoms with Crippen LogP contribution >= 0.6 is 0 Å². The molecule has 0 radical (unpaired) electrons. The highest BCUT2D eigenvalue weighted by atomic mass is 16.5. The lowest BCUT2D eigenvalue weighted by molar-refractivity contribution is -0.137. The van der Waals surface area contributed by atoms with Crippen molar-refractivity contribution in [1.82, 2.24) is 4.90 Å². The Balaban J connectivity index is 2.22. The summed E-state index contributed by atoms with van der Waals surface area (Å²) in [4.78, 5) is 13.5. The van der Waals surface area contributed by atoms with Crippen LogP contribution in [-0.2, 0) is 9.53 Å². The second kappa shape index (κ2) is 6.69. The first-order valence-corrected chi connectivity index (χ1v) is 6.19. The molecule has 0 aromatic heterocycles. The van der Waals surface area contributed by atoms with E-state index < -0.39 is 0 Å². The molecular weight excluding hydrogens is 202 g/mol. The number of esters is 1. The van der Waals surface area contributed by atoms with Crippen molar-refractivity contribution in [3.63, 3.8) is 0 Å². The van der Waals surface area contributed by atoms with Gasteiger partial charge in [0.15, 0.2) is 0 Å². The number of hydrogen-bond donors (Lipinski definition) is 0. The van der Waals surface area contributed by atoms with E-state index >= 15 is 0 Å². The summed E-state index contributed by atoms with van der Waals surface area (Å²) in [6, 6.07) is 0. The van der Waals surface area contributed by atoms with Crippen LogP contribution in [0.5, 0.6) is 0 Å². The second-order valence-corrected chi connectivity index (χ2v) is 4.71. The van der Waals surface area contributed by atoms with Crippen LogP contribution < -0.4 is 0 Å². The first-order chi connectivity index (χ1) is 7.63. The quantitative estimate of drug-likeness (QED) is 0.530. The van der Waals surface area contributed by atoms with Gasteiger partial charge in [-0.25, -0.2) is 4.79 Å². The largest absolute Gasteiger partial charge is 0.463 e. The molecule has 1 unspecified atom stereocenters. The number of carbonyl (C=O) groups is 1. The van der Waals surface area contributed by atoms with E-state index in [0.29, 0.717) is 6.61 Å². The van der Waals surface area contributed by atoms with Crippen LogP contribution in [0.15, 0.2) is 12.2 Å². The van der Waals surface area contributed by atoms with E-state index in [1.165, 1.54) is 12.5 Å². The van der Waals surface area contributed by atoms with Gasteiger partial charge >= 0.3 is 5.97 Å². The highest BCUT2D eigenvalue weighted by molar-refractivity contribution is 5.81. The van der Waals surface area contributed by atoms with Gasteiger partial charge in [-0.2, -0.15) is 0 Å². The maximum atomic E-state index is 11.1. The summed E-state index contributed by atoms with van der Waals surface area (Å²) >= 11 is 0. The Morgan fingerprint density at radius 1 is 1.56 bits per heavy atom. The van der Waals surface area contributed by atoms with Crippen LogP contribution in [0, 0.1) is 11.8 Å². The molecule has 1 atom stereocenters. The van der Waals surface area contributed by atoms with Crippen molar-refractivity contribution < 1.29 is 9.53 Å². The van der Waals surface area contributed by atoms with Crippen LogP contribution in [0.2, 0.25) is 0 Å². The van der Waals surface area contributed by atoms with Gasteiger partial charge in [0.05, 0.1) is 6.61 Å². The van der Waals surface area contributed by atoms with E-state index in [2.05, 4.69) is 18.7 Å². The average Bonchev–Trinajstić information content (AvgIpc) is 2.67. The zero-order valence-electron chi connectivity index (χ0n) is 10.6. The molecule has 0 aromatic rings. The van der Waals surface area contributed by atoms with Crippen molar-refractivity contribution in [3.05, 3.63) is 12.2 Å². The van der Waals surface area contributed by atoms with Gasteiger partial charge in [-0.1, -0.05) is 19.9 Å². The molecule has 1 heterocycles. The molecule has 1 saturated heterocycles. The molecular formula is C13H23NO2. The molecule has 92 valence electrons. The van der Waals surface area contributed by atoms with Crippen LogP contribution in [0.25, 0.3) is 0 Å². The summed E-state index contributed by atoms with van der Waals surface area (Å²) in [5, 5.41) is 0. The molecule has 3 nitrogen and oxygen atoms in total. The Morgan fingerprint density at radius 3 is 2.88 bits per heavy atom. The van der Waals surface area contributed by atoms with E-state index in [4.69, 9.17) is 4.74 Å². The molecule has 1 aliphatic heterocycles. The minimum atomic E-state index is -0.234. The molecule has 3 heteroatoms. The van der Waals surface area contributed by atoms with Crippen molar-refractivity contribution in [3.8, 4) is 0 Å². The maximum Gasteiger partial charge on any atom is 0.330 e. The van der Waals surface area contributed by atoms with Crippen LogP contribution in [0.4, 0.5) is 0 Å². The number of rotatable bonds is 5. The Morgan fingerprint density at radius 2 is 2.31 bits per heavy atom. The normalized spacial score (nSPS) is 22.1. The molecule has 1 fully saturated rings. The Bertz CT molecular complexity index is 248. The SMILES string of the molecule is CCOC(=O)/C=C/CN1CCC(C(C)C)C1. The topological polar surface area (TPSA) is 29.5 Å². The van der Waals surface area contributed by atoms with Gasteiger partial charge in [0.2, 0.25) is 0 Å². The van der Waals surface area contributed by atoms with Gasteiger partial charge in [0.25, 0.3) is 0 Å². The second-order valence-electron chi connectivity index (χ2n) is 4.71. The monoisotopic (exact) mass is 225 g/mol. The van der Waals surface area contributed by atoms with E-state index in [9.17, 15) is 4.79 Å². The third-order valence-electron chi connectivity index (χ3n) is 3.16. The molecule has 16 heavy (non-hydrogen) atoms. The van der Waals surface area contributed by atoms with Gasteiger partial charge in [-0.05, 0) is 31.7 Å². The van der Waals surface area contributed by atoms with Crippen molar-refractivity contribution in [2.75, 3.05) is 26.2 Å². The minimum Gasteiger partial charge on any atom is -0.463 e. The highest BCUT2D eigenvalue weighted by Gasteiger charge is 2.23.